The Morgan fingerprint density at radius 2 is 1.62 bits per heavy atom. The standard InChI is InChI=1S/C41H43ClF3N5O5/c1-39(53)21-49(22-39)19-23-10-12-33(47-36(23)54-2)30-9-5-8-29(34(30)42)26-6-4-7-28-27(26)11-13-32(28)46-35-31(41(43,44)45)18-24(37(48-35)55-3)20-50-25-14-16-40(50,17-15-25)38(51)52/h4-10,12,18,25,32,53H,11,13-17,19-22H2,1-3H3,(H,46,48)(H,51,52)/t25?,32-,40?/m0/s1. The number of aliphatic hydroxyl groups is 1. The summed E-state index contributed by atoms with van der Waals surface area (Å²) in [5.74, 6) is -0.771. The Kier molecular flexibility index (Phi) is 9.51. The summed E-state index contributed by atoms with van der Waals surface area (Å²) in [6.07, 6.45) is -1.29. The number of pyridine rings is 2. The summed E-state index contributed by atoms with van der Waals surface area (Å²) in [5.41, 5.74) is 3.24. The van der Waals surface area contributed by atoms with Crippen molar-refractivity contribution in [3.63, 3.8) is 0 Å². The molecule has 3 aliphatic heterocycles. The van der Waals surface area contributed by atoms with Gasteiger partial charge in [-0.25, -0.2) is 4.98 Å². The van der Waals surface area contributed by atoms with Gasteiger partial charge in [-0.3, -0.25) is 14.6 Å². The predicted molar refractivity (Wildman–Crippen MR) is 201 cm³/mol. The average Bonchev–Trinajstić information content (AvgIpc) is 3.83. The first-order chi connectivity index (χ1) is 26.2. The molecule has 2 bridgehead atoms. The van der Waals surface area contributed by atoms with Crippen molar-refractivity contribution in [1.29, 1.82) is 0 Å². The molecule has 2 aromatic heterocycles. The number of hydrogen-bond donors (Lipinski definition) is 3. The molecule has 3 fully saturated rings. The second-order valence-corrected chi connectivity index (χ2v) is 15.9. The molecule has 5 heterocycles. The van der Waals surface area contributed by atoms with Crippen LogP contribution in [0.4, 0.5) is 19.0 Å². The zero-order valence-electron chi connectivity index (χ0n) is 30.8. The van der Waals surface area contributed by atoms with Gasteiger partial charge in [0.1, 0.15) is 11.4 Å². The van der Waals surface area contributed by atoms with Crippen LogP contribution in [0.2, 0.25) is 5.02 Å². The van der Waals surface area contributed by atoms with E-state index >= 15 is 0 Å². The Hall–Kier alpha value is -4.43. The van der Waals surface area contributed by atoms with E-state index in [1.54, 1.807) is 7.11 Å². The number of methoxy groups -OCH3 is 2. The summed E-state index contributed by atoms with van der Waals surface area (Å²) in [7, 11) is 2.94. The molecule has 3 N–H and O–H groups in total. The number of likely N-dealkylation sites (tertiary alicyclic amines) is 1. The molecular weight excluding hydrogens is 735 g/mol. The molecule has 2 aromatic carbocycles. The molecule has 4 aliphatic rings. The first-order valence-corrected chi connectivity index (χ1v) is 18.9. The highest BCUT2D eigenvalue weighted by atomic mass is 35.5. The van der Waals surface area contributed by atoms with Gasteiger partial charge < -0.3 is 25.0 Å². The number of aliphatic carboxylic acids is 1. The number of nitrogens with one attached hydrogen (secondary N) is 1. The van der Waals surface area contributed by atoms with Crippen LogP contribution in [0.1, 0.15) is 72.9 Å². The number of benzene rings is 2. The average molecular weight is 778 g/mol. The Balaban J connectivity index is 1.07. The zero-order valence-corrected chi connectivity index (χ0v) is 31.6. The van der Waals surface area contributed by atoms with Gasteiger partial charge in [0, 0.05) is 54.5 Å². The van der Waals surface area contributed by atoms with Crippen molar-refractivity contribution in [1.82, 2.24) is 19.8 Å². The summed E-state index contributed by atoms with van der Waals surface area (Å²) in [6, 6.07) is 15.9. The summed E-state index contributed by atoms with van der Waals surface area (Å²) < 4.78 is 55.4. The van der Waals surface area contributed by atoms with Gasteiger partial charge in [-0.2, -0.15) is 18.2 Å². The highest BCUT2D eigenvalue weighted by Crippen LogP contribution is 2.49. The van der Waals surface area contributed by atoms with Gasteiger partial charge in [-0.1, -0.05) is 54.1 Å². The van der Waals surface area contributed by atoms with Gasteiger partial charge in [0.2, 0.25) is 11.8 Å². The molecular formula is C41H43ClF3N5O5. The van der Waals surface area contributed by atoms with Crippen LogP contribution in [0.3, 0.4) is 0 Å². The molecule has 4 aromatic rings. The molecule has 290 valence electrons. The van der Waals surface area contributed by atoms with Gasteiger partial charge >= 0.3 is 12.1 Å². The highest BCUT2D eigenvalue weighted by Gasteiger charge is 2.56. The predicted octanol–water partition coefficient (Wildman–Crippen LogP) is 7.75. The Morgan fingerprint density at radius 3 is 2.29 bits per heavy atom. The van der Waals surface area contributed by atoms with Crippen LogP contribution in [-0.2, 0) is 30.5 Å². The Bertz CT molecular complexity index is 2150. The normalized spacial score (nSPS) is 23.1. The SMILES string of the molecule is COc1nc(-c2cccc(-c3cccc4c3CC[C@@H]4Nc3nc(OC)c(CN4C5CCC4(C(=O)O)CC5)cc3C(F)(F)F)c2Cl)ccc1CN1CC(C)(O)C1. The molecule has 8 rings (SSSR count). The number of fused-ring (bicyclic) bond motifs is 3. The lowest BCUT2D eigenvalue weighted by Crippen LogP contribution is -2.59. The highest BCUT2D eigenvalue weighted by molar-refractivity contribution is 6.36. The lowest BCUT2D eigenvalue weighted by Gasteiger charge is -2.44. The molecule has 0 spiro atoms. The second-order valence-electron chi connectivity index (χ2n) is 15.5. The third-order valence-electron chi connectivity index (χ3n) is 11.9. The summed E-state index contributed by atoms with van der Waals surface area (Å²) in [6.45, 7) is 3.54. The van der Waals surface area contributed by atoms with Gasteiger partial charge in [-0.15, -0.1) is 0 Å². The van der Waals surface area contributed by atoms with Crippen molar-refractivity contribution in [2.24, 2.45) is 0 Å². The molecule has 0 saturated carbocycles. The topological polar surface area (TPSA) is 120 Å². The number of halogens is 4. The molecule has 0 amide bonds. The first kappa shape index (κ1) is 37.5. The minimum absolute atomic E-state index is 0.00114. The number of carboxylic acids is 1. The third kappa shape index (κ3) is 6.68. The van der Waals surface area contributed by atoms with Crippen LogP contribution < -0.4 is 14.8 Å². The fraction of sp³-hybridized carbons (Fsp3) is 0.439. The van der Waals surface area contributed by atoms with Crippen LogP contribution in [0.15, 0.2) is 54.6 Å². The van der Waals surface area contributed by atoms with Gasteiger partial charge in [0.25, 0.3) is 0 Å². The van der Waals surface area contributed by atoms with E-state index in [2.05, 4.69) is 15.2 Å². The van der Waals surface area contributed by atoms with Crippen molar-refractivity contribution in [2.75, 3.05) is 32.6 Å². The number of carboxylic acid groups (broad SMARTS) is 1. The maximum atomic E-state index is 14.7. The number of carbonyl (C=O) groups is 1. The Morgan fingerprint density at radius 1 is 0.945 bits per heavy atom. The molecule has 0 radical (unpaired) electrons. The van der Waals surface area contributed by atoms with E-state index in [9.17, 15) is 28.2 Å². The van der Waals surface area contributed by atoms with E-state index in [1.807, 2.05) is 60.4 Å². The van der Waals surface area contributed by atoms with Crippen molar-refractivity contribution in [3.8, 4) is 34.1 Å². The van der Waals surface area contributed by atoms with Crippen molar-refractivity contribution in [3.05, 3.63) is 87.4 Å². The molecule has 55 heavy (non-hydrogen) atoms. The number of anilines is 1. The second kappa shape index (κ2) is 13.9. The summed E-state index contributed by atoms with van der Waals surface area (Å²) >= 11 is 7.14. The van der Waals surface area contributed by atoms with Crippen LogP contribution in [0.25, 0.3) is 22.4 Å². The summed E-state index contributed by atoms with van der Waals surface area (Å²) in [5, 5.41) is 23.8. The van der Waals surface area contributed by atoms with Crippen molar-refractivity contribution >= 4 is 23.4 Å². The number of rotatable bonds is 11. The van der Waals surface area contributed by atoms with E-state index in [0.717, 1.165) is 33.9 Å². The lowest BCUT2D eigenvalue weighted by molar-refractivity contribution is -0.149. The largest absolute Gasteiger partial charge is 0.481 e. The van der Waals surface area contributed by atoms with Gasteiger partial charge in [-0.05, 0) is 74.3 Å². The number of alkyl halides is 3. The van der Waals surface area contributed by atoms with E-state index in [0.29, 0.717) is 80.3 Å². The minimum atomic E-state index is -4.73. The molecule has 0 unspecified atom stereocenters. The molecule has 1 aliphatic carbocycles. The monoisotopic (exact) mass is 777 g/mol. The lowest BCUT2D eigenvalue weighted by atomic mass is 9.88. The number of ether oxygens (including phenoxy) is 2. The molecule has 14 heteroatoms. The fourth-order valence-corrected chi connectivity index (χ4v) is 9.65. The first-order valence-electron chi connectivity index (χ1n) is 18.5. The van der Waals surface area contributed by atoms with Gasteiger partial charge in [0.05, 0.1) is 42.1 Å². The van der Waals surface area contributed by atoms with E-state index in [1.165, 1.54) is 7.11 Å². The van der Waals surface area contributed by atoms with E-state index in [4.69, 9.17) is 26.1 Å². The number of aromatic nitrogens is 2. The maximum absolute atomic E-state index is 14.7. The van der Waals surface area contributed by atoms with E-state index in [-0.39, 0.29) is 29.8 Å². The Labute approximate surface area is 322 Å². The zero-order chi connectivity index (χ0) is 38.9. The fourth-order valence-electron chi connectivity index (χ4n) is 9.33. The number of hydrogen-bond acceptors (Lipinski definition) is 9. The quantitative estimate of drug-likeness (QED) is 0.140. The number of nitrogens with zero attached hydrogens (tertiary/aromatic N) is 4. The number of β-amino-alcohol motifs (C(OH)–C–C–N with tert-alkyl or cyclic N) is 1. The van der Waals surface area contributed by atoms with Crippen LogP contribution in [0, 0.1) is 0 Å². The smallest absolute Gasteiger partial charge is 0.419 e. The van der Waals surface area contributed by atoms with Crippen LogP contribution >= 0.6 is 11.6 Å². The van der Waals surface area contributed by atoms with Crippen LogP contribution in [0.5, 0.6) is 11.8 Å². The third-order valence-corrected chi connectivity index (χ3v) is 12.3. The van der Waals surface area contributed by atoms with Crippen LogP contribution in [-0.4, -0.2) is 80.4 Å². The minimum Gasteiger partial charge on any atom is -0.481 e. The van der Waals surface area contributed by atoms with Crippen molar-refractivity contribution in [2.45, 2.75) is 87.9 Å². The maximum Gasteiger partial charge on any atom is 0.419 e. The summed E-state index contributed by atoms with van der Waals surface area (Å²) in [4.78, 5) is 25.4. The molecule has 1 atom stereocenters. The van der Waals surface area contributed by atoms with Gasteiger partial charge in [0.15, 0.2) is 0 Å². The van der Waals surface area contributed by atoms with E-state index < -0.39 is 34.9 Å². The van der Waals surface area contributed by atoms with Crippen molar-refractivity contribution < 1.29 is 37.7 Å². The molecule has 3 saturated heterocycles. The molecule has 10 nitrogen and oxygen atoms in total.